The summed E-state index contributed by atoms with van der Waals surface area (Å²) in [7, 11) is 0. The number of rotatable bonds is 9. The Balaban J connectivity index is 2.85. The lowest BCUT2D eigenvalue weighted by Gasteiger charge is -2.38. The standard InChI is InChI=1S/C14H22N2O7/c17-10(18)5-4-9(12(21)22)16-14(6-2-1-3-7-14)13(23)15-8-11(19)20/h9,16H,1-8H2,(H,15,23)(H,17,18)(H,19,20)(H,21,22)/t9-/m0/s1. The van der Waals surface area contributed by atoms with Gasteiger partial charge in [0.05, 0.1) is 5.54 Å². The molecule has 23 heavy (non-hydrogen) atoms. The van der Waals surface area contributed by atoms with Crippen LogP contribution in [0.25, 0.3) is 0 Å². The van der Waals surface area contributed by atoms with Crippen LogP contribution >= 0.6 is 0 Å². The summed E-state index contributed by atoms with van der Waals surface area (Å²) in [6.07, 6.45) is 2.60. The van der Waals surface area contributed by atoms with Crippen LogP contribution in [0.1, 0.15) is 44.9 Å². The summed E-state index contributed by atoms with van der Waals surface area (Å²) in [4.78, 5) is 45.0. The monoisotopic (exact) mass is 330 g/mol. The molecular formula is C14H22N2O7. The normalized spacial score (nSPS) is 17.9. The van der Waals surface area contributed by atoms with E-state index in [4.69, 9.17) is 10.2 Å². The molecule has 0 aliphatic heterocycles. The number of carboxylic acid groups (broad SMARTS) is 3. The van der Waals surface area contributed by atoms with Crippen LogP contribution < -0.4 is 10.6 Å². The molecule has 1 amide bonds. The third-order valence-corrected chi connectivity index (χ3v) is 3.94. The van der Waals surface area contributed by atoms with Crippen LogP contribution in [0.2, 0.25) is 0 Å². The number of hydrogen-bond acceptors (Lipinski definition) is 5. The number of carboxylic acids is 3. The minimum Gasteiger partial charge on any atom is -0.481 e. The van der Waals surface area contributed by atoms with Gasteiger partial charge in [0.25, 0.3) is 0 Å². The number of amides is 1. The summed E-state index contributed by atoms with van der Waals surface area (Å²) in [5.41, 5.74) is -1.17. The van der Waals surface area contributed by atoms with Crippen molar-refractivity contribution in [3.63, 3.8) is 0 Å². The van der Waals surface area contributed by atoms with E-state index in [2.05, 4.69) is 10.6 Å². The number of carbonyl (C=O) groups is 4. The molecule has 0 radical (unpaired) electrons. The van der Waals surface area contributed by atoms with Crippen molar-refractivity contribution >= 4 is 23.8 Å². The Morgan fingerprint density at radius 3 is 2.04 bits per heavy atom. The van der Waals surface area contributed by atoms with E-state index in [9.17, 15) is 24.3 Å². The fraction of sp³-hybridized carbons (Fsp3) is 0.714. The Hall–Kier alpha value is -2.16. The largest absolute Gasteiger partial charge is 0.481 e. The van der Waals surface area contributed by atoms with E-state index in [1.165, 1.54) is 0 Å². The number of nitrogens with one attached hydrogen (secondary N) is 2. The predicted molar refractivity (Wildman–Crippen MR) is 77.9 cm³/mol. The van der Waals surface area contributed by atoms with E-state index in [0.29, 0.717) is 25.7 Å². The van der Waals surface area contributed by atoms with Gasteiger partial charge in [-0.1, -0.05) is 19.3 Å². The topological polar surface area (TPSA) is 153 Å². The second-order valence-electron chi connectivity index (χ2n) is 5.69. The molecule has 9 heteroatoms. The molecule has 0 aromatic carbocycles. The molecule has 1 fully saturated rings. The summed E-state index contributed by atoms with van der Waals surface area (Å²) in [5.74, 6) is -4.10. The number of carbonyl (C=O) groups excluding carboxylic acids is 1. The van der Waals surface area contributed by atoms with Gasteiger partial charge < -0.3 is 20.6 Å². The van der Waals surface area contributed by atoms with Gasteiger partial charge in [-0.3, -0.25) is 24.5 Å². The summed E-state index contributed by atoms with van der Waals surface area (Å²) >= 11 is 0. The van der Waals surface area contributed by atoms with Gasteiger partial charge in [0.2, 0.25) is 5.91 Å². The van der Waals surface area contributed by atoms with Gasteiger partial charge in [-0.15, -0.1) is 0 Å². The molecule has 1 aliphatic carbocycles. The highest BCUT2D eigenvalue weighted by Crippen LogP contribution is 2.29. The van der Waals surface area contributed by atoms with Crippen molar-refractivity contribution in [3.8, 4) is 0 Å². The highest BCUT2D eigenvalue weighted by molar-refractivity contribution is 5.89. The summed E-state index contributed by atoms with van der Waals surface area (Å²) in [6.45, 7) is -0.547. The van der Waals surface area contributed by atoms with Crippen LogP contribution in [-0.4, -0.2) is 57.3 Å². The zero-order valence-corrected chi connectivity index (χ0v) is 12.7. The molecule has 0 unspecified atom stereocenters. The molecule has 0 spiro atoms. The van der Waals surface area contributed by atoms with Gasteiger partial charge in [0.15, 0.2) is 0 Å². The molecule has 130 valence electrons. The summed E-state index contributed by atoms with van der Waals surface area (Å²) in [6, 6.07) is -1.18. The van der Waals surface area contributed by atoms with E-state index < -0.39 is 41.9 Å². The molecule has 0 bridgehead atoms. The lowest BCUT2D eigenvalue weighted by atomic mass is 9.80. The molecule has 0 aromatic heterocycles. The molecule has 1 saturated carbocycles. The van der Waals surface area contributed by atoms with Crippen LogP contribution in [0.5, 0.6) is 0 Å². The molecule has 1 aliphatic rings. The molecule has 5 N–H and O–H groups in total. The minimum atomic E-state index is -1.23. The van der Waals surface area contributed by atoms with E-state index in [0.717, 1.165) is 6.42 Å². The predicted octanol–water partition coefficient (Wildman–Crippen LogP) is -0.202. The zero-order chi connectivity index (χ0) is 17.5. The van der Waals surface area contributed by atoms with E-state index in [1.54, 1.807) is 0 Å². The quantitative estimate of drug-likeness (QED) is 0.389. The van der Waals surface area contributed by atoms with Crippen molar-refractivity contribution in [2.24, 2.45) is 0 Å². The third-order valence-electron chi connectivity index (χ3n) is 3.94. The van der Waals surface area contributed by atoms with Crippen molar-refractivity contribution in [3.05, 3.63) is 0 Å². The van der Waals surface area contributed by atoms with Crippen LogP contribution in [0, 0.1) is 0 Å². The Morgan fingerprint density at radius 1 is 0.957 bits per heavy atom. The summed E-state index contributed by atoms with van der Waals surface area (Å²) in [5, 5.41) is 31.7. The lowest BCUT2D eigenvalue weighted by Crippen LogP contribution is -2.62. The number of hydrogen-bond donors (Lipinski definition) is 5. The average molecular weight is 330 g/mol. The van der Waals surface area contributed by atoms with Crippen LogP contribution in [0.4, 0.5) is 0 Å². The van der Waals surface area contributed by atoms with Gasteiger partial charge in [0, 0.05) is 6.42 Å². The van der Waals surface area contributed by atoms with Crippen LogP contribution in [0.15, 0.2) is 0 Å². The molecule has 0 aromatic rings. The molecular weight excluding hydrogens is 308 g/mol. The average Bonchev–Trinajstić information content (AvgIpc) is 2.49. The molecule has 1 rings (SSSR count). The van der Waals surface area contributed by atoms with Gasteiger partial charge in [-0.05, 0) is 19.3 Å². The Kier molecular flexibility index (Phi) is 6.95. The minimum absolute atomic E-state index is 0.154. The van der Waals surface area contributed by atoms with Crippen LogP contribution in [0.3, 0.4) is 0 Å². The fourth-order valence-corrected chi connectivity index (χ4v) is 2.78. The van der Waals surface area contributed by atoms with Gasteiger partial charge in [-0.2, -0.15) is 0 Å². The first-order valence-corrected chi connectivity index (χ1v) is 7.49. The van der Waals surface area contributed by atoms with Crippen molar-refractivity contribution < 1.29 is 34.5 Å². The third kappa shape index (κ3) is 5.85. The van der Waals surface area contributed by atoms with Gasteiger partial charge >= 0.3 is 17.9 Å². The maximum absolute atomic E-state index is 12.4. The molecule has 0 saturated heterocycles. The Bertz CT molecular complexity index is 472. The summed E-state index contributed by atoms with van der Waals surface area (Å²) < 4.78 is 0. The smallest absolute Gasteiger partial charge is 0.322 e. The maximum Gasteiger partial charge on any atom is 0.322 e. The van der Waals surface area contributed by atoms with Gasteiger partial charge in [-0.25, -0.2) is 0 Å². The van der Waals surface area contributed by atoms with Crippen molar-refractivity contribution in [2.75, 3.05) is 6.54 Å². The zero-order valence-electron chi connectivity index (χ0n) is 12.7. The van der Waals surface area contributed by atoms with Crippen LogP contribution in [-0.2, 0) is 19.2 Å². The van der Waals surface area contributed by atoms with E-state index in [-0.39, 0.29) is 12.8 Å². The van der Waals surface area contributed by atoms with Crippen molar-refractivity contribution in [1.82, 2.24) is 10.6 Å². The first-order valence-electron chi connectivity index (χ1n) is 7.49. The fourth-order valence-electron chi connectivity index (χ4n) is 2.78. The Morgan fingerprint density at radius 2 is 1.57 bits per heavy atom. The molecule has 9 nitrogen and oxygen atoms in total. The van der Waals surface area contributed by atoms with Crippen molar-refractivity contribution in [1.29, 1.82) is 0 Å². The molecule has 0 heterocycles. The van der Waals surface area contributed by atoms with E-state index in [1.807, 2.05) is 0 Å². The molecule has 1 atom stereocenters. The SMILES string of the molecule is O=C(O)CC[C@H](NC1(C(=O)NCC(=O)O)CCCCC1)C(=O)O. The second kappa shape index (κ2) is 8.47. The Labute approximate surface area is 133 Å². The first kappa shape index (κ1) is 18.9. The second-order valence-corrected chi connectivity index (χ2v) is 5.69. The van der Waals surface area contributed by atoms with Gasteiger partial charge in [0.1, 0.15) is 12.6 Å². The van der Waals surface area contributed by atoms with E-state index >= 15 is 0 Å². The first-order chi connectivity index (χ1) is 10.8. The number of aliphatic carboxylic acids is 3. The lowest BCUT2D eigenvalue weighted by molar-refractivity contribution is -0.144. The van der Waals surface area contributed by atoms with Crippen molar-refractivity contribution in [2.45, 2.75) is 56.5 Å². The highest BCUT2D eigenvalue weighted by atomic mass is 16.4. The maximum atomic E-state index is 12.4. The highest BCUT2D eigenvalue weighted by Gasteiger charge is 2.42.